The number of ether oxygens (including phenoxy) is 1. The van der Waals surface area contributed by atoms with Crippen molar-refractivity contribution >= 4 is 12.0 Å². The number of hydrogen-bond acceptors (Lipinski definition) is 3. The van der Waals surface area contributed by atoms with Crippen LogP contribution in [0.3, 0.4) is 0 Å². The molecule has 0 unspecified atom stereocenters. The van der Waals surface area contributed by atoms with Gasteiger partial charge in [0.1, 0.15) is 6.54 Å². The highest BCUT2D eigenvalue weighted by atomic mass is 16.5. The van der Waals surface area contributed by atoms with Crippen LogP contribution in [-0.2, 0) is 9.53 Å². The topological polar surface area (TPSA) is 78.9 Å². The summed E-state index contributed by atoms with van der Waals surface area (Å²) in [5, 5.41) is 11.4. The summed E-state index contributed by atoms with van der Waals surface area (Å²) >= 11 is 0. The molecule has 2 N–H and O–H groups in total. The Balaban J connectivity index is 3.94. The molecule has 2 amide bonds. The van der Waals surface area contributed by atoms with Crippen molar-refractivity contribution in [3.05, 3.63) is 0 Å². The van der Waals surface area contributed by atoms with Gasteiger partial charge in [0.15, 0.2) is 0 Å². The number of carboxylic acids is 1. The highest BCUT2D eigenvalue weighted by Gasteiger charge is 2.18. The Kier molecular flexibility index (Phi) is 8.13. The number of carbonyl (C=O) groups excluding carboxylic acids is 1. The third-order valence-electron chi connectivity index (χ3n) is 2.24. The molecule has 0 bridgehead atoms. The molecule has 0 aromatic carbocycles. The van der Waals surface area contributed by atoms with Crippen molar-refractivity contribution in [3.8, 4) is 0 Å². The third kappa shape index (κ3) is 7.57. The zero-order valence-corrected chi connectivity index (χ0v) is 10.7. The Hall–Kier alpha value is -1.30. The first-order chi connectivity index (χ1) is 7.99. The molecule has 0 aromatic heterocycles. The number of rotatable bonds is 8. The van der Waals surface area contributed by atoms with Gasteiger partial charge >= 0.3 is 12.0 Å². The van der Waals surface area contributed by atoms with E-state index in [-0.39, 0.29) is 18.6 Å². The summed E-state index contributed by atoms with van der Waals surface area (Å²) in [5.41, 5.74) is 0. The van der Waals surface area contributed by atoms with E-state index >= 15 is 0 Å². The fourth-order valence-electron chi connectivity index (χ4n) is 1.30. The lowest BCUT2D eigenvalue weighted by Crippen LogP contribution is -2.46. The number of carbonyl (C=O) groups is 2. The largest absolute Gasteiger partial charge is 0.480 e. The van der Waals surface area contributed by atoms with Crippen LogP contribution in [0.1, 0.15) is 26.7 Å². The first-order valence-corrected chi connectivity index (χ1v) is 5.74. The Labute approximate surface area is 102 Å². The van der Waals surface area contributed by atoms with E-state index in [2.05, 4.69) is 5.32 Å². The van der Waals surface area contributed by atoms with Crippen LogP contribution < -0.4 is 5.32 Å². The first-order valence-electron chi connectivity index (χ1n) is 5.74. The molecular weight excluding hydrogens is 224 g/mol. The van der Waals surface area contributed by atoms with E-state index in [0.29, 0.717) is 13.2 Å². The van der Waals surface area contributed by atoms with Gasteiger partial charge in [-0.05, 0) is 26.7 Å². The van der Waals surface area contributed by atoms with Crippen LogP contribution in [0, 0.1) is 0 Å². The lowest BCUT2D eigenvalue weighted by molar-refractivity contribution is -0.138. The van der Waals surface area contributed by atoms with Crippen molar-refractivity contribution < 1.29 is 19.4 Å². The van der Waals surface area contributed by atoms with Crippen molar-refractivity contribution in [2.24, 2.45) is 0 Å². The van der Waals surface area contributed by atoms with E-state index in [1.165, 1.54) is 4.90 Å². The summed E-state index contributed by atoms with van der Waals surface area (Å²) in [7, 11) is 1.63. The second-order valence-electron chi connectivity index (χ2n) is 4.05. The summed E-state index contributed by atoms with van der Waals surface area (Å²) in [6.07, 6.45) is 1.69. The van der Waals surface area contributed by atoms with Gasteiger partial charge in [-0.3, -0.25) is 4.79 Å². The fraction of sp³-hybridized carbons (Fsp3) is 0.818. The lowest BCUT2D eigenvalue weighted by atomic mass is 10.3. The van der Waals surface area contributed by atoms with E-state index in [1.54, 1.807) is 21.0 Å². The number of urea groups is 1. The summed E-state index contributed by atoms with van der Waals surface area (Å²) in [5.74, 6) is -1.01. The van der Waals surface area contributed by atoms with Gasteiger partial charge in [-0.1, -0.05) is 0 Å². The van der Waals surface area contributed by atoms with Gasteiger partial charge in [-0.15, -0.1) is 0 Å². The zero-order chi connectivity index (χ0) is 13.3. The molecule has 0 rings (SSSR count). The maximum atomic E-state index is 11.7. The highest BCUT2D eigenvalue weighted by Crippen LogP contribution is 1.98. The standard InChI is InChI=1S/C11H22N2O4/c1-9(2)13(8-10(14)15)11(16)12-6-4-5-7-17-3/h9H,4-8H2,1-3H3,(H,12,16)(H,14,15). The minimum Gasteiger partial charge on any atom is -0.480 e. The highest BCUT2D eigenvalue weighted by molar-refractivity contribution is 5.80. The minimum absolute atomic E-state index is 0.134. The lowest BCUT2D eigenvalue weighted by Gasteiger charge is -2.25. The second kappa shape index (κ2) is 8.81. The van der Waals surface area contributed by atoms with Crippen molar-refractivity contribution in [2.45, 2.75) is 32.7 Å². The number of nitrogens with zero attached hydrogens (tertiary/aromatic N) is 1. The van der Waals surface area contributed by atoms with Crippen LogP contribution >= 0.6 is 0 Å². The average molecular weight is 246 g/mol. The van der Waals surface area contributed by atoms with Gasteiger partial charge in [0, 0.05) is 26.3 Å². The number of carboxylic acid groups (broad SMARTS) is 1. The molecule has 0 saturated heterocycles. The first kappa shape index (κ1) is 15.7. The molecular formula is C11H22N2O4. The van der Waals surface area contributed by atoms with Crippen LogP contribution in [0.15, 0.2) is 0 Å². The molecule has 0 heterocycles. The molecule has 0 atom stereocenters. The third-order valence-corrected chi connectivity index (χ3v) is 2.24. The molecule has 17 heavy (non-hydrogen) atoms. The predicted molar refractivity (Wildman–Crippen MR) is 64.0 cm³/mol. The van der Waals surface area contributed by atoms with Gasteiger partial charge in [0.2, 0.25) is 0 Å². The summed E-state index contributed by atoms with van der Waals surface area (Å²) in [6.45, 7) is 4.49. The van der Waals surface area contributed by atoms with Crippen LogP contribution in [0.5, 0.6) is 0 Å². The molecule has 0 aliphatic carbocycles. The van der Waals surface area contributed by atoms with Crippen LogP contribution in [0.4, 0.5) is 4.79 Å². The molecule has 0 fully saturated rings. The van der Waals surface area contributed by atoms with Crippen molar-refractivity contribution in [1.29, 1.82) is 0 Å². The van der Waals surface area contributed by atoms with Gasteiger partial charge < -0.3 is 20.1 Å². The Morgan fingerprint density at radius 3 is 2.47 bits per heavy atom. The van der Waals surface area contributed by atoms with Crippen molar-refractivity contribution in [3.63, 3.8) is 0 Å². The molecule has 6 nitrogen and oxygen atoms in total. The Morgan fingerprint density at radius 2 is 2.00 bits per heavy atom. The van der Waals surface area contributed by atoms with Crippen LogP contribution in [0.2, 0.25) is 0 Å². The summed E-state index contributed by atoms with van der Waals surface area (Å²) in [6, 6.07) is -0.468. The van der Waals surface area contributed by atoms with E-state index in [9.17, 15) is 9.59 Å². The van der Waals surface area contributed by atoms with Gasteiger partial charge in [0.05, 0.1) is 0 Å². The zero-order valence-electron chi connectivity index (χ0n) is 10.7. The number of amides is 2. The molecule has 0 aliphatic heterocycles. The van der Waals surface area contributed by atoms with Crippen molar-refractivity contribution in [1.82, 2.24) is 10.2 Å². The normalized spacial score (nSPS) is 10.4. The predicted octanol–water partition coefficient (Wildman–Crippen LogP) is 0.918. The summed E-state index contributed by atoms with van der Waals surface area (Å²) in [4.78, 5) is 23.6. The second-order valence-corrected chi connectivity index (χ2v) is 4.05. The van der Waals surface area contributed by atoms with Gasteiger partial charge in [-0.2, -0.15) is 0 Å². The minimum atomic E-state index is -1.01. The number of nitrogens with one attached hydrogen (secondary N) is 1. The number of unbranched alkanes of at least 4 members (excludes halogenated alkanes) is 1. The van der Waals surface area contributed by atoms with E-state index < -0.39 is 5.97 Å². The number of methoxy groups -OCH3 is 1. The molecule has 0 radical (unpaired) electrons. The monoisotopic (exact) mass is 246 g/mol. The van der Waals surface area contributed by atoms with Crippen LogP contribution in [0.25, 0.3) is 0 Å². The molecule has 6 heteroatoms. The molecule has 100 valence electrons. The Morgan fingerprint density at radius 1 is 1.35 bits per heavy atom. The number of hydrogen-bond donors (Lipinski definition) is 2. The molecule has 0 aliphatic rings. The van der Waals surface area contributed by atoms with E-state index in [4.69, 9.17) is 9.84 Å². The van der Waals surface area contributed by atoms with E-state index in [1.807, 2.05) is 0 Å². The molecule has 0 saturated carbocycles. The maximum Gasteiger partial charge on any atom is 0.323 e. The SMILES string of the molecule is COCCCCNC(=O)N(CC(=O)O)C(C)C. The summed E-state index contributed by atoms with van der Waals surface area (Å²) < 4.78 is 4.89. The van der Waals surface area contributed by atoms with Crippen molar-refractivity contribution in [2.75, 3.05) is 26.8 Å². The van der Waals surface area contributed by atoms with Gasteiger partial charge in [-0.25, -0.2) is 4.79 Å². The average Bonchev–Trinajstić information content (AvgIpc) is 2.24. The number of aliphatic carboxylic acids is 1. The molecule has 0 spiro atoms. The maximum absolute atomic E-state index is 11.7. The van der Waals surface area contributed by atoms with Gasteiger partial charge in [0.25, 0.3) is 0 Å². The smallest absolute Gasteiger partial charge is 0.323 e. The van der Waals surface area contributed by atoms with E-state index in [0.717, 1.165) is 12.8 Å². The van der Waals surface area contributed by atoms with Crippen LogP contribution in [-0.4, -0.2) is 54.9 Å². The molecule has 0 aromatic rings. The quantitative estimate of drug-likeness (QED) is 0.624. The Bertz CT molecular complexity index is 244. The fourth-order valence-corrected chi connectivity index (χ4v) is 1.30.